The van der Waals surface area contributed by atoms with Crippen LogP contribution in [0.25, 0.3) is 22.3 Å². The normalized spacial score (nSPS) is 10.8. The maximum Gasteiger partial charge on any atom is 0.336 e. The summed E-state index contributed by atoms with van der Waals surface area (Å²) in [6.45, 7) is 1.96. The van der Waals surface area contributed by atoms with Crippen molar-refractivity contribution in [1.29, 1.82) is 0 Å². The van der Waals surface area contributed by atoms with Gasteiger partial charge in [0, 0.05) is 17.8 Å². The number of aromatic carboxylic acids is 1. The van der Waals surface area contributed by atoms with Gasteiger partial charge in [0.05, 0.1) is 11.1 Å². The highest BCUT2D eigenvalue weighted by Crippen LogP contribution is 2.31. The van der Waals surface area contributed by atoms with Crippen molar-refractivity contribution in [3.8, 4) is 11.3 Å². The van der Waals surface area contributed by atoms with Crippen molar-refractivity contribution < 1.29 is 14.3 Å². The SMILES string of the molecule is Cc1cccc2cc(-c3cnccc3C(=O)O)oc12. The topological polar surface area (TPSA) is 63.3 Å². The van der Waals surface area contributed by atoms with E-state index in [2.05, 4.69) is 4.98 Å². The molecule has 94 valence electrons. The van der Waals surface area contributed by atoms with Crippen LogP contribution in [0, 0.1) is 6.92 Å². The predicted octanol–water partition coefficient (Wildman–Crippen LogP) is 3.50. The van der Waals surface area contributed by atoms with Gasteiger partial charge in [-0.2, -0.15) is 0 Å². The van der Waals surface area contributed by atoms with Gasteiger partial charge in [-0.3, -0.25) is 4.98 Å². The third-order valence-corrected chi connectivity index (χ3v) is 3.06. The highest BCUT2D eigenvalue weighted by atomic mass is 16.4. The molecule has 0 spiro atoms. The van der Waals surface area contributed by atoms with E-state index in [0.29, 0.717) is 11.3 Å². The molecule has 0 fully saturated rings. The van der Waals surface area contributed by atoms with E-state index in [-0.39, 0.29) is 5.56 Å². The maximum absolute atomic E-state index is 11.2. The van der Waals surface area contributed by atoms with Crippen molar-refractivity contribution in [2.24, 2.45) is 0 Å². The zero-order valence-electron chi connectivity index (χ0n) is 10.3. The Morgan fingerprint density at radius 3 is 2.89 bits per heavy atom. The van der Waals surface area contributed by atoms with E-state index in [1.165, 1.54) is 18.5 Å². The number of nitrogens with zero attached hydrogens (tertiary/aromatic N) is 1. The van der Waals surface area contributed by atoms with E-state index in [0.717, 1.165) is 16.5 Å². The Balaban J connectivity index is 2.25. The minimum absolute atomic E-state index is 0.187. The first-order valence-electron chi connectivity index (χ1n) is 5.83. The number of para-hydroxylation sites is 1. The molecule has 3 aromatic rings. The van der Waals surface area contributed by atoms with Gasteiger partial charge in [-0.05, 0) is 24.6 Å². The molecule has 0 aliphatic rings. The molecule has 19 heavy (non-hydrogen) atoms. The standard InChI is InChI=1S/C15H11NO3/c1-9-3-2-4-10-7-13(19-14(9)10)12-8-16-6-5-11(12)15(17)18/h2-8H,1H3,(H,17,18). The average Bonchev–Trinajstić information content (AvgIpc) is 2.84. The summed E-state index contributed by atoms with van der Waals surface area (Å²) in [6.07, 6.45) is 2.97. The molecule has 0 bridgehead atoms. The van der Waals surface area contributed by atoms with Crippen LogP contribution in [-0.4, -0.2) is 16.1 Å². The molecule has 4 heteroatoms. The number of hydrogen-bond donors (Lipinski definition) is 1. The minimum atomic E-state index is -0.991. The number of pyridine rings is 1. The van der Waals surface area contributed by atoms with E-state index in [9.17, 15) is 9.90 Å². The van der Waals surface area contributed by atoms with Gasteiger partial charge in [0.25, 0.3) is 0 Å². The summed E-state index contributed by atoms with van der Waals surface area (Å²) in [4.78, 5) is 15.2. The van der Waals surface area contributed by atoms with Gasteiger partial charge in [0.15, 0.2) is 0 Å². The zero-order valence-corrected chi connectivity index (χ0v) is 10.3. The molecular weight excluding hydrogens is 242 g/mol. The molecule has 0 saturated heterocycles. The summed E-state index contributed by atoms with van der Waals surface area (Å²) in [5.74, 6) is -0.468. The fraction of sp³-hybridized carbons (Fsp3) is 0.0667. The van der Waals surface area contributed by atoms with E-state index >= 15 is 0 Å². The lowest BCUT2D eigenvalue weighted by atomic mass is 10.1. The highest BCUT2D eigenvalue weighted by Gasteiger charge is 2.15. The molecule has 0 amide bonds. The van der Waals surface area contributed by atoms with E-state index in [1.54, 1.807) is 0 Å². The first kappa shape index (κ1) is 11.5. The van der Waals surface area contributed by atoms with Crippen molar-refractivity contribution in [2.45, 2.75) is 6.92 Å². The number of carboxylic acids is 1. The smallest absolute Gasteiger partial charge is 0.336 e. The van der Waals surface area contributed by atoms with Crippen molar-refractivity contribution in [3.63, 3.8) is 0 Å². The van der Waals surface area contributed by atoms with Crippen LogP contribution in [0.1, 0.15) is 15.9 Å². The van der Waals surface area contributed by atoms with Crippen LogP contribution in [0.15, 0.2) is 47.1 Å². The monoisotopic (exact) mass is 253 g/mol. The Kier molecular flexibility index (Phi) is 2.56. The molecule has 0 aliphatic carbocycles. The van der Waals surface area contributed by atoms with Crippen LogP contribution in [0.5, 0.6) is 0 Å². The van der Waals surface area contributed by atoms with Crippen molar-refractivity contribution >= 4 is 16.9 Å². The minimum Gasteiger partial charge on any atom is -0.478 e. The summed E-state index contributed by atoms with van der Waals surface area (Å²) in [7, 11) is 0. The molecule has 0 aliphatic heterocycles. The van der Waals surface area contributed by atoms with Crippen molar-refractivity contribution in [2.75, 3.05) is 0 Å². The van der Waals surface area contributed by atoms with Gasteiger partial charge < -0.3 is 9.52 Å². The number of fused-ring (bicyclic) bond motifs is 1. The van der Waals surface area contributed by atoms with Gasteiger partial charge in [-0.15, -0.1) is 0 Å². The molecule has 1 aromatic carbocycles. The number of carbonyl (C=O) groups is 1. The first-order valence-corrected chi connectivity index (χ1v) is 5.83. The Bertz CT molecular complexity index is 774. The van der Waals surface area contributed by atoms with E-state index in [1.807, 2.05) is 31.2 Å². The number of rotatable bonds is 2. The molecule has 2 heterocycles. The lowest BCUT2D eigenvalue weighted by molar-refractivity contribution is 0.0697. The third-order valence-electron chi connectivity index (χ3n) is 3.06. The van der Waals surface area contributed by atoms with Gasteiger partial charge >= 0.3 is 5.97 Å². The second-order valence-corrected chi connectivity index (χ2v) is 4.33. The highest BCUT2D eigenvalue weighted by molar-refractivity contribution is 5.96. The Labute approximate surface area is 109 Å². The van der Waals surface area contributed by atoms with E-state index < -0.39 is 5.97 Å². The van der Waals surface area contributed by atoms with Crippen molar-refractivity contribution in [1.82, 2.24) is 4.98 Å². The number of aromatic nitrogens is 1. The van der Waals surface area contributed by atoms with Gasteiger partial charge in [-0.25, -0.2) is 4.79 Å². The number of hydrogen-bond acceptors (Lipinski definition) is 3. The van der Waals surface area contributed by atoms with Crippen LogP contribution in [-0.2, 0) is 0 Å². The fourth-order valence-corrected chi connectivity index (χ4v) is 2.12. The van der Waals surface area contributed by atoms with Gasteiger partial charge in [-0.1, -0.05) is 18.2 Å². The summed E-state index contributed by atoms with van der Waals surface area (Å²) < 4.78 is 5.77. The molecule has 4 nitrogen and oxygen atoms in total. The molecule has 2 aromatic heterocycles. The van der Waals surface area contributed by atoms with Gasteiger partial charge in [0.1, 0.15) is 11.3 Å². The molecule has 0 unspecified atom stereocenters. The summed E-state index contributed by atoms with van der Waals surface area (Å²) in [6, 6.07) is 9.14. The molecular formula is C15H11NO3. The Hall–Kier alpha value is -2.62. The molecule has 0 radical (unpaired) electrons. The van der Waals surface area contributed by atoms with Crippen LogP contribution in [0.3, 0.4) is 0 Å². The van der Waals surface area contributed by atoms with Crippen molar-refractivity contribution in [3.05, 3.63) is 53.9 Å². The summed E-state index contributed by atoms with van der Waals surface area (Å²) in [5, 5.41) is 10.1. The zero-order chi connectivity index (χ0) is 13.4. The second-order valence-electron chi connectivity index (χ2n) is 4.33. The van der Waals surface area contributed by atoms with Crippen LogP contribution in [0.2, 0.25) is 0 Å². The lowest BCUT2D eigenvalue weighted by Gasteiger charge is -2.01. The largest absolute Gasteiger partial charge is 0.478 e. The molecule has 0 atom stereocenters. The van der Waals surface area contributed by atoms with Gasteiger partial charge in [0.2, 0.25) is 0 Å². The maximum atomic E-state index is 11.2. The molecule has 3 rings (SSSR count). The van der Waals surface area contributed by atoms with Crippen LogP contribution < -0.4 is 0 Å². The van der Waals surface area contributed by atoms with E-state index in [4.69, 9.17) is 4.42 Å². The first-order chi connectivity index (χ1) is 9.16. The summed E-state index contributed by atoms with van der Waals surface area (Å²) in [5.41, 5.74) is 2.47. The second kappa shape index (κ2) is 4.24. The number of aryl methyl sites for hydroxylation is 1. The van der Waals surface area contributed by atoms with Crippen LogP contribution in [0.4, 0.5) is 0 Å². The average molecular weight is 253 g/mol. The number of benzene rings is 1. The number of furan rings is 1. The fourth-order valence-electron chi connectivity index (χ4n) is 2.12. The predicted molar refractivity (Wildman–Crippen MR) is 71.1 cm³/mol. The third kappa shape index (κ3) is 1.87. The molecule has 1 N–H and O–H groups in total. The summed E-state index contributed by atoms with van der Waals surface area (Å²) >= 11 is 0. The Morgan fingerprint density at radius 1 is 1.32 bits per heavy atom. The quantitative estimate of drug-likeness (QED) is 0.759. The molecule has 0 saturated carbocycles. The lowest BCUT2D eigenvalue weighted by Crippen LogP contribution is -1.99. The Morgan fingerprint density at radius 2 is 2.16 bits per heavy atom. The number of carboxylic acid groups (broad SMARTS) is 1. The van der Waals surface area contributed by atoms with Crippen LogP contribution >= 0.6 is 0 Å².